The van der Waals surface area contributed by atoms with E-state index in [2.05, 4.69) is 25.7 Å². The number of halogens is 4. The van der Waals surface area contributed by atoms with Gasteiger partial charge in [-0.25, -0.2) is 4.79 Å². The molecule has 80 valence electrons. The molecule has 0 radical (unpaired) electrons. The fourth-order valence-corrected chi connectivity index (χ4v) is 1.43. The summed E-state index contributed by atoms with van der Waals surface area (Å²) in [6.45, 7) is 0. The molecule has 0 aliphatic heterocycles. The Balaban J connectivity index is 2.98. The van der Waals surface area contributed by atoms with Crippen molar-refractivity contribution in [2.45, 2.75) is 4.77 Å². The molecule has 0 spiro atoms. The number of ether oxygens (including phenoxy) is 1. The summed E-state index contributed by atoms with van der Waals surface area (Å²) in [6.07, 6.45) is 1.37. The normalized spacial score (nSPS) is 10.7. The van der Waals surface area contributed by atoms with Gasteiger partial charge in [-0.2, -0.15) is 9.38 Å². The molecule has 15 heavy (non-hydrogen) atoms. The second kappa shape index (κ2) is 4.94. The number of benzene rings is 1. The van der Waals surface area contributed by atoms with Crippen molar-refractivity contribution in [3.05, 3.63) is 22.7 Å². The highest BCUT2D eigenvalue weighted by Crippen LogP contribution is 2.34. The van der Waals surface area contributed by atoms with Gasteiger partial charge in [0.15, 0.2) is 0 Å². The maximum atomic E-state index is 12.7. The molecule has 0 unspecified atom stereocenters. The van der Waals surface area contributed by atoms with Crippen LogP contribution in [0.4, 0.5) is 10.1 Å². The average molecular weight is 315 g/mol. The number of hydrogen-bond acceptors (Lipinski definition) is 3. The standard InChI is InChI=1S/C8H3BrCl2FNO2/c9-6-3-5(13-4-14)1-2-7(6)15-8(10,11)12/h1-3H. The molecular formula is C8H3BrCl2FNO2. The summed E-state index contributed by atoms with van der Waals surface area (Å²) in [5.41, 5.74) is 0.345. The Morgan fingerprint density at radius 2 is 2.20 bits per heavy atom. The number of rotatable bonds is 3. The van der Waals surface area contributed by atoms with Crippen LogP contribution in [0, 0.1) is 0 Å². The van der Waals surface area contributed by atoms with Crippen molar-refractivity contribution in [1.29, 1.82) is 0 Å². The van der Waals surface area contributed by atoms with Gasteiger partial charge in [0.05, 0.1) is 10.2 Å². The second-order valence-corrected chi connectivity index (χ2v) is 4.39. The number of isocyanates is 1. The number of carbonyl (C=O) groups excluding carboxylic acids is 1. The van der Waals surface area contributed by atoms with Crippen LogP contribution in [0.3, 0.4) is 0 Å². The molecule has 7 heteroatoms. The van der Waals surface area contributed by atoms with E-state index in [4.69, 9.17) is 23.2 Å². The van der Waals surface area contributed by atoms with Crippen molar-refractivity contribution in [2.24, 2.45) is 4.99 Å². The van der Waals surface area contributed by atoms with Crippen molar-refractivity contribution in [1.82, 2.24) is 0 Å². The van der Waals surface area contributed by atoms with Crippen LogP contribution in [-0.4, -0.2) is 10.9 Å². The molecule has 0 saturated heterocycles. The fraction of sp³-hybridized carbons (Fsp3) is 0.125. The minimum Gasteiger partial charge on any atom is -0.432 e. The van der Waals surface area contributed by atoms with Crippen LogP contribution < -0.4 is 4.74 Å². The third kappa shape index (κ3) is 4.18. The average Bonchev–Trinajstić information content (AvgIpc) is 2.08. The Kier molecular flexibility index (Phi) is 4.11. The van der Waals surface area contributed by atoms with E-state index in [9.17, 15) is 9.18 Å². The topological polar surface area (TPSA) is 38.7 Å². The summed E-state index contributed by atoms with van der Waals surface area (Å²) in [5, 5.41) is 0. The summed E-state index contributed by atoms with van der Waals surface area (Å²) < 4.78 is 14.8. The predicted octanol–water partition coefficient (Wildman–Crippen LogP) is 3.85. The third-order valence-corrected chi connectivity index (χ3v) is 2.09. The van der Waals surface area contributed by atoms with Gasteiger partial charge in [-0.1, -0.05) is 0 Å². The maximum Gasteiger partial charge on any atom is 0.410 e. The molecule has 0 heterocycles. The van der Waals surface area contributed by atoms with Gasteiger partial charge in [-0.15, -0.1) is 0 Å². The largest absolute Gasteiger partial charge is 0.432 e. The third-order valence-electron chi connectivity index (χ3n) is 1.32. The van der Waals surface area contributed by atoms with Crippen LogP contribution in [-0.2, 0) is 4.79 Å². The van der Waals surface area contributed by atoms with Crippen LogP contribution in [0.2, 0.25) is 0 Å². The molecule has 0 amide bonds. The molecule has 0 saturated carbocycles. The Bertz CT molecular complexity index is 416. The van der Waals surface area contributed by atoms with Crippen LogP contribution in [0.5, 0.6) is 5.75 Å². The minimum absolute atomic E-state index is 0.0901. The van der Waals surface area contributed by atoms with Gasteiger partial charge in [0, 0.05) is 0 Å². The van der Waals surface area contributed by atoms with Gasteiger partial charge in [0.25, 0.3) is 0 Å². The highest BCUT2D eigenvalue weighted by Gasteiger charge is 2.25. The summed E-state index contributed by atoms with van der Waals surface area (Å²) in [5.74, 6) is 0.0901. The molecule has 1 aromatic carbocycles. The van der Waals surface area contributed by atoms with Crippen LogP contribution in [0.1, 0.15) is 0 Å². The van der Waals surface area contributed by atoms with Crippen molar-refractivity contribution < 1.29 is 13.9 Å². The predicted molar refractivity (Wildman–Crippen MR) is 58.1 cm³/mol. The quantitative estimate of drug-likeness (QED) is 0.483. The van der Waals surface area contributed by atoms with Crippen molar-refractivity contribution in [3.63, 3.8) is 0 Å². The first-order valence-corrected chi connectivity index (χ1v) is 5.10. The van der Waals surface area contributed by atoms with E-state index >= 15 is 0 Å². The van der Waals surface area contributed by atoms with Gasteiger partial charge in [-0.05, 0) is 57.3 Å². The highest BCUT2D eigenvalue weighted by molar-refractivity contribution is 9.10. The molecular weight excluding hydrogens is 312 g/mol. The summed E-state index contributed by atoms with van der Waals surface area (Å²) in [7, 11) is 0. The van der Waals surface area contributed by atoms with E-state index in [0.717, 1.165) is 0 Å². The molecule has 0 fully saturated rings. The van der Waals surface area contributed by atoms with E-state index in [1.54, 1.807) is 0 Å². The Hall–Kier alpha value is -0.610. The second-order valence-electron chi connectivity index (χ2n) is 2.37. The molecule has 0 atom stereocenters. The summed E-state index contributed by atoms with van der Waals surface area (Å²) in [6, 6.07) is 4.21. The van der Waals surface area contributed by atoms with E-state index in [-0.39, 0.29) is 5.75 Å². The molecule has 3 nitrogen and oxygen atoms in total. The number of nitrogens with zero attached hydrogens (tertiary/aromatic N) is 1. The molecule has 1 aromatic rings. The zero-order valence-corrected chi connectivity index (χ0v) is 10.1. The van der Waals surface area contributed by atoms with Gasteiger partial charge in [-0.3, -0.25) is 0 Å². The lowest BCUT2D eigenvalue weighted by atomic mass is 10.3. The first-order valence-electron chi connectivity index (χ1n) is 3.55. The van der Waals surface area contributed by atoms with Gasteiger partial charge in [0.1, 0.15) is 5.75 Å². The zero-order chi connectivity index (χ0) is 11.5. The number of aliphatic imine (C=N–C) groups is 1. The van der Waals surface area contributed by atoms with Gasteiger partial charge >= 0.3 is 4.77 Å². The van der Waals surface area contributed by atoms with Crippen LogP contribution in [0.15, 0.2) is 27.7 Å². The molecule has 0 N–H and O–H groups in total. The molecule has 1 rings (SSSR count). The summed E-state index contributed by atoms with van der Waals surface area (Å²) in [4.78, 5) is 13.3. The summed E-state index contributed by atoms with van der Waals surface area (Å²) >= 11 is 13.1. The SMILES string of the molecule is O=C=Nc1ccc(OC(F)(Cl)Cl)c(Br)c1. The lowest BCUT2D eigenvalue weighted by Crippen LogP contribution is -2.14. The molecule has 0 aliphatic carbocycles. The fourth-order valence-electron chi connectivity index (χ4n) is 0.819. The smallest absolute Gasteiger partial charge is 0.410 e. The van der Waals surface area contributed by atoms with Crippen molar-refractivity contribution >= 4 is 50.9 Å². The van der Waals surface area contributed by atoms with E-state index < -0.39 is 4.77 Å². The van der Waals surface area contributed by atoms with E-state index in [1.165, 1.54) is 24.3 Å². The van der Waals surface area contributed by atoms with Gasteiger partial charge in [0.2, 0.25) is 6.08 Å². The number of hydrogen-bond donors (Lipinski definition) is 0. The van der Waals surface area contributed by atoms with E-state index in [0.29, 0.717) is 10.2 Å². The van der Waals surface area contributed by atoms with Crippen LogP contribution >= 0.6 is 39.1 Å². The van der Waals surface area contributed by atoms with E-state index in [1.807, 2.05) is 0 Å². The molecule has 0 aliphatic rings. The maximum absolute atomic E-state index is 12.7. The van der Waals surface area contributed by atoms with Crippen molar-refractivity contribution in [3.8, 4) is 5.75 Å². The Morgan fingerprint density at radius 1 is 1.53 bits per heavy atom. The van der Waals surface area contributed by atoms with Crippen molar-refractivity contribution in [2.75, 3.05) is 0 Å². The first-order chi connectivity index (χ1) is 6.92. The first kappa shape index (κ1) is 12.5. The Labute approximate surface area is 103 Å². The van der Waals surface area contributed by atoms with Gasteiger partial charge < -0.3 is 4.74 Å². The Morgan fingerprint density at radius 3 is 2.67 bits per heavy atom. The zero-order valence-electron chi connectivity index (χ0n) is 7.01. The lowest BCUT2D eigenvalue weighted by molar-refractivity contribution is 0.103. The van der Waals surface area contributed by atoms with Crippen LogP contribution in [0.25, 0.3) is 0 Å². The molecule has 0 aromatic heterocycles. The lowest BCUT2D eigenvalue weighted by Gasteiger charge is -2.13. The monoisotopic (exact) mass is 313 g/mol. The minimum atomic E-state index is -2.81. The highest BCUT2D eigenvalue weighted by atomic mass is 79.9. The number of alkyl halides is 3. The molecule has 0 bridgehead atoms.